The zero-order valence-corrected chi connectivity index (χ0v) is 9.37. The fraction of sp³-hybridized carbons (Fsp3) is 0.455. The molecular weight excluding hydrogens is 194 g/mol. The lowest BCUT2D eigenvalue weighted by atomic mass is 10.0. The van der Waals surface area contributed by atoms with Gasteiger partial charge in [0.2, 0.25) is 0 Å². The van der Waals surface area contributed by atoms with Crippen LogP contribution in [0, 0.1) is 13.8 Å². The van der Waals surface area contributed by atoms with Crippen LogP contribution in [0.2, 0.25) is 0 Å². The second-order valence-corrected chi connectivity index (χ2v) is 4.17. The van der Waals surface area contributed by atoms with Gasteiger partial charge in [-0.1, -0.05) is 0 Å². The third-order valence-corrected chi connectivity index (χ3v) is 2.49. The summed E-state index contributed by atoms with van der Waals surface area (Å²) in [6.45, 7) is 6.69. The summed E-state index contributed by atoms with van der Waals surface area (Å²) in [7, 11) is 0. The Kier molecular flexibility index (Phi) is 2.71. The van der Waals surface area contributed by atoms with Crippen molar-refractivity contribution in [2.24, 2.45) is 0 Å². The Morgan fingerprint density at radius 1 is 1.27 bits per heavy atom. The number of hydrogen-bond donors (Lipinski definition) is 1. The van der Waals surface area contributed by atoms with Gasteiger partial charge >= 0.3 is 5.97 Å². The highest BCUT2D eigenvalue weighted by Crippen LogP contribution is 2.19. The molecule has 1 rings (SSSR count). The van der Waals surface area contributed by atoms with E-state index in [4.69, 9.17) is 5.11 Å². The van der Waals surface area contributed by atoms with Gasteiger partial charge in [0.25, 0.3) is 0 Å². The predicted octanol–water partition coefficient (Wildman–Crippen LogP) is 1.28. The van der Waals surface area contributed by atoms with Crippen LogP contribution in [0.1, 0.15) is 25.2 Å². The second-order valence-electron chi connectivity index (χ2n) is 4.17. The quantitative estimate of drug-likeness (QED) is 0.798. The lowest BCUT2D eigenvalue weighted by Gasteiger charge is -2.28. The molecule has 0 radical (unpaired) electrons. The molecule has 1 aromatic heterocycles. The van der Waals surface area contributed by atoms with Crippen molar-refractivity contribution >= 4 is 5.97 Å². The highest BCUT2D eigenvalue weighted by atomic mass is 16.4. The van der Waals surface area contributed by atoms with E-state index in [1.54, 1.807) is 32.3 Å². The van der Waals surface area contributed by atoms with Crippen molar-refractivity contribution in [2.75, 3.05) is 0 Å². The molecule has 4 nitrogen and oxygen atoms in total. The van der Waals surface area contributed by atoms with Crippen LogP contribution in [0.5, 0.6) is 0 Å². The summed E-state index contributed by atoms with van der Waals surface area (Å²) < 4.78 is 1.65. The summed E-state index contributed by atoms with van der Waals surface area (Å²) in [5, 5.41) is 9.11. The van der Waals surface area contributed by atoms with Gasteiger partial charge in [-0.3, -0.25) is 4.79 Å². The fourth-order valence-electron chi connectivity index (χ4n) is 1.84. The average molecular weight is 209 g/mol. The molecule has 0 saturated heterocycles. The minimum Gasteiger partial charge on any atom is -0.480 e. The van der Waals surface area contributed by atoms with E-state index in [2.05, 4.69) is 0 Å². The molecule has 0 aliphatic rings. The molecule has 0 aliphatic carbocycles. The highest BCUT2D eigenvalue weighted by molar-refractivity contribution is 5.76. The third kappa shape index (κ3) is 1.93. The van der Waals surface area contributed by atoms with Crippen LogP contribution < -0.4 is 5.43 Å². The fourth-order valence-corrected chi connectivity index (χ4v) is 1.84. The van der Waals surface area contributed by atoms with Gasteiger partial charge in [-0.15, -0.1) is 0 Å². The van der Waals surface area contributed by atoms with Crippen LogP contribution in [-0.2, 0) is 10.3 Å². The normalized spacial score (nSPS) is 11.5. The highest BCUT2D eigenvalue weighted by Gasteiger charge is 2.30. The number of carboxylic acid groups (broad SMARTS) is 1. The summed E-state index contributed by atoms with van der Waals surface area (Å²) >= 11 is 0. The van der Waals surface area contributed by atoms with Crippen molar-refractivity contribution in [2.45, 2.75) is 33.2 Å². The number of hydrogen-bond acceptors (Lipinski definition) is 2. The molecule has 1 heterocycles. The van der Waals surface area contributed by atoms with E-state index in [0.717, 1.165) is 0 Å². The number of aliphatic carboxylic acids is 1. The maximum atomic E-state index is 11.2. The number of aryl methyl sites for hydroxylation is 2. The van der Waals surface area contributed by atoms with Gasteiger partial charge in [-0.05, 0) is 27.7 Å². The first kappa shape index (κ1) is 11.5. The minimum absolute atomic E-state index is 0.0950. The number of pyridine rings is 1. The van der Waals surface area contributed by atoms with E-state index in [1.807, 2.05) is 0 Å². The molecule has 82 valence electrons. The summed E-state index contributed by atoms with van der Waals surface area (Å²) in [6.07, 6.45) is 0. The third-order valence-electron chi connectivity index (χ3n) is 2.49. The molecular formula is C11H15NO3. The molecule has 0 aliphatic heterocycles. The van der Waals surface area contributed by atoms with Crippen LogP contribution in [0.25, 0.3) is 0 Å². The molecule has 4 heteroatoms. The number of aromatic nitrogens is 1. The molecule has 1 N–H and O–H groups in total. The second kappa shape index (κ2) is 3.53. The molecule has 15 heavy (non-hydrogen) atoms. The molecule has 0 unspecified atom stereocenters. The van der Waals surface area contributed by atoms with Gasteiger partial charge in [0.05, 0.1) is 0 Å². The van der Waals surface area contributed by atoms with Crippen molar-refractivity contribution in [3.8, 4) is 0 Å². The Balaban J connectivity index is 3.51. The molecule has 0 atom stereocenters. The van der Waals surface area contributed by atoms with Crippen molar-refractivity contribution in [1.29, 1.82) is 0 Å². The minimum atomic E-state index is -1.04. The maximum Gasteiger partial charge on any atom is 0.329 e. The maximum absolute atomic E-state index is 11.2. The smallest absolute Gasteiger partial charge is 0.329 e. The van der Waals surface area contributed by atoms with Crippen molar-refractivity contribution in [1.82, 2.24) is 4.57 Å². The van der Waals surface area contributed by atoms with E-state index in [1.165, 1.54) is 12.1 Å². The van der Waals surface area contributed by atoms with E-state index < -0.39 is 11.5 Å². The van der Waals surface area contributed by atoms with E-state index in [9.17, 15) is 9.59 Å². The first-order valence-corrected chi connectivity index (χ1v) is 4.71. The monoisotopic (exact) mass is 209 g/mol. The first-order valence-electron chi connectivity index (χ1n) is 4.71. The molecule has 0 aromatic carbocycles. The summed E-state index contributed by atoms with van der Waals surface area (Å²) in [4.78, 5) is 22.3. The molecule has 0 bridgehead atoms. The molecule has 1 aromatic rings. The van der Waals surface area contributed by atoms with Crippen molar-refractivity contribution in [3.05, 3.63) is 33.7 Å². The van der Waals surface area contributed by atoms with Gasteiger partial charge in [-0.2, -0.15) is 0 Å². The lowest BCUT2D eigenvalue weighted by molar-refractivity contribution is -0.145. The zero-order valence-electron chi connectivity index (χ0n) is 9.37. The summed E-state index contributed by atoms with van der Waals surface area (Å²) in [5.41, 5.74) is 0.184. The van der Waals surface area contributed by atoms with Crippen molar-refractivity contribution in [3.63, 3.8) is 0 Å². The van der Waals surface area contributed by atoms with Gasteiger partial charge < -0.3 is 9.67 Å². The number of nitrogens with zero attached hydrogens (tertiary/aromatic N) is 1. The number of carboxylic acids is 1. The molecule has 0 saturated carbocycles. The Hall–Kier alpha value is -1.58. The largest absolute Gasteiger partial charge is 0.480 e. The topological polar surface area (TPSA) is 59.3 Å². The SMILES string of the molecule is Cc1cc(=O)cc(C)n1C(C)(C)C(=O)O. The Labute approximate surface area is 88.2 Å². The van der Waals surface area contributed by atoms with Crippen LogP contribution in [0.15, 0.2) is 16.9 Å². The van der Waals surface area contributed by atoms with Gasteiger partial charge in [0.15, 0.2) is 5.43 Å². The Morgan fingerprint density at radius 2 is 1.67 bits per heavy atom. The van der Waals surface area contributed by atoms with Crippen LogP contribution in [-0.4, -0.2) is 15.6 Å². The molecule has 0 spiro atoms. The van der Waals surface area contributed by atoms with Crippen LogP contribution in [0.4, 0.5) is 0 Å². The number of rotatable bonds is 2. The number of carbonyl (C=O) groups is 1. The summed E-state index contributed by atoms with van der Waals surface area (Å²) in [6, 6.07) is 2.88. The van der Waals surface area contributed by atoms with Gasteiger partial charge in [-0.25, -0.2) is 4.79 Å². The van der Waals surface area contributed by atoms with Crippen LogP contribution in [0.3, 0.4) is 0 Å². The zero-order chi connectivity index (χ0) is 11.8. The lowest BCUT2D eigenvalue weighted by Crippen LogP contribution is -2.38. The van der Waals surface area contributed by atoms with Crippen molar-refractivity contribution < 1.29 is 9.90 Å². The van der Waals surface area contributed by atoms with Gasteiger partial charge in [0.1, 0.15) is 5.54 Å². The molecule has 0 fully saturated rings. The predicted molar refractivity (Wildman–Crippen MR) is 57.1 cm³/mol. The Morgan fingerprint density at radius 3 is 2.00 bits per heavy atom. The summed E-state index contributed by atoms with van der Waals surface area (Å²) in [5.74, 6) is -0.919. The van der Waals surface area contributed by atoms with E-state index in [-0.39, 0.29) is 5.43 Å². The standard InChI is InChI=1S/C11H15NO3/c1-7-5-9(13)6-8(2)12(7)11(3,4)10(14)15/h5-6H,1-4H3,(H,14,15). The molecule has 0 amide bonds. The average Bonchev–Trinajstić information content (AvgIpc) is 2.00. The first-order chi connectivity index (χ1) is 6.76. The Bertz CT molecular complexity index is 431. The van der Waals surface area contributed by atoms with Gasteiger partial charge in [0, 0.05) is 23.5 Å². The van der Waals surface area contributed by atoms with E-state index >= 15 is 0 Å². The van der Waals surface area contributed by atoms with Crippen LogP contribution >= 0.6 is 0 Å². The van der Waals surface area contributed by atoms with E-state index in [0.29, 0.717) is 11.4 Å².